The van der Waals surface area contributed by atoms with Gasteiger partial charge in [0.1, 0.15) is 16.9 Å². The zero-order valence-corrected chi connectivity index (χ0v) is 17.0. The van der Waals surface area contributed by atoms with Crippen molar-refractivity contribution in [2.24, 2.45) is 17.8 Å². The summed E-state index contributed by atoms with van der Waals surface area (Å²) in [6.45, 7) is 0. The average Bonchev–Trinajstić information content (AvgIpc) is 3.61. The molecule has 3 heterocycles. The van der Waals surface area contributed by atoms with Gasteiger partial charge < -0.3 is 9.47 Å². The Labute approximate surface area is 179 Å². The first-order valence-corrected chi connectivity index (χ1v) is 10.6. The number of allylic oxidation sites excluding steroid dienone is 1. The van der Waals surface area contributed by atoms with Gasteiger partial charge in [-0.1, -0.05) is 54.6 Å². The number of fused-ring (bicyclic) bond motifs is 1. The fourth-order valence-corrected chi connectivity index (χ4v) is 5.90. The van der Waals surface area contributed by atoms with Gasteiger partial charge in [0.2, 0.25) is 11.8 Å². The standard InChI is InChI=1S/C25H21NO5/c1-30-24(29)17(13-7-3-2-4-8-13)21-18-15-9-5-6-10-16(15)25(31-21,14-11-12-14)20-19(18)22(27)26-23(20)28/h2-10,14,18-20H,11-12H2,1H3,(H,26,27,28)/b21-17-. The van der Waals surface area contributed by atoms with E-state index in [2.05, 4.69) is 5.32 Å². The van der Waals surface area contributed by atoms with Crippen LogP contribution in [0, 0.1) is 17.8 Å². The van der Waals surface area contributed by atoms with Gasteiger partial charge in [-0.2, -0.15) is 0 Å². The van der Waals surface area contributed by atoms with Crippen LogP contribution in [0.1, 0.15) is 35.4 Å². The van der Waals surface area contributed by atoms with E-state index in [0.29, 0.717) is 16.9 Å². The zero-order chi connectivity index (χ0) is 21.3. The van der Waals surface area contributed by atoms with Gasteiger partial charge in [0.05, 0.1) is 24.9 Å². The van der Waals surface area contributed by atoms with Crippen LogP contribution in [0.25, 0.3) is 5.57 Å². The van der Waals surface area contributed by atoms with Crippen molar-refractivity contribution in [2.45, 2.75) is 24.4 Å². The molecule has 4 unspecified atom stereocenters. The van der Waals surface area contributed by atoms with Crippen LogP contribution in [0.15, 0.2) is 60.4 Å². The Bertz CT molecular complexity index is 1170. The smallest absolute Gasteiger partial charge is 0.341 e. The number of carbonyl (C=O) groups excluding carboxylic acids is 3. The number of nitrogens with one attached hydrogen (secondary N) is 1. The van der Waals surface area contributed by atoms with E-state index in [0.717, 1.165) is 24.0 Å². The van der Waals surface area contributed by atoms with E-state index in [4.69, 9.17) is 9.47 Å². The molecule has 2 aromatic carbocycles. The molecule has 2 bridgehead atoms. The van der Waals surface area contributed by atoms with E-state index >= 15 is 0 Å². The Kier molecular flexibility index (Phi) is 3.73. The Morgan fingerprint density at radius 1 is 1.03 bits per heavy atom. The molecule has 1 N–H and O–H groups in total. The Balaban J connectivity index is 1.69. The lowest BCUT2D eigenvalue weighted by atomic mass is 9.57. The molecule has 0 spiro atoms. The molecule has 2 saturated heterocycles. The van der Waals surface area contributed by atoms with E-state index in [9.17, 15) is 14.4 Å². The number of methoxy groups -OCH3 is 1. The van der Waals surface area contributed by atoms with Crippen molar-refractivity contribution in [2.75, 3.05) is 7.11 Å². The van der Waals surface area contributed by atoms with Crippen molar-refractivity contribution in [3.8, 4) is 0 Å². The number of ether oxygens (including phenoxy) is 2. The molecule has 31 heavy (non-hydrogen) atoms. The molecule has 2 aliphatic carbocycles. The number of imide groups is 1. The molecule has 3 fully saturated rings. The van der Waals surface area contributed by atoms with Crippen molar-refractivity contribution in [3.05, 3.63) is 77.0 Å². The Hall–Kier alpha value is -3.41. The molecule has 4 atom stereocenters. The third-order valence-corrected chi connectivity index (χ3v) is 7.17. The Morgan fingerprint density at radius 2 is 1.74 bits per heavy atom. The minimum absolute atomic E-state index is 0.115. The summed E-state index contributed by atoms with van der Waals surface area (Å²) in [7, 11) is 1.34. The van der Waals surface area contributed by atoms with Crippen LogP contribution in [-0.2, 0) is 29.5 Å². The molecule has 2 amide bonds. The largest absolute Gasteiger partial charge is 0.484 e. The molecule has 0 aromatic heterocycles. The van der Waals surface area contributed by atoms with Crippen LogP contribution >= 0.6 is 0 Å². The summed E-state index contributed by atoms with van der Waals surface area (Å²) in [6, 6.07) is 17.1. The first kappa shape index (κ1) is 18.4. The number of rotatable bonds is 3. The molecule has 6 heteroatoms. The van der Waals surface area contributed by atoms with E-state index in [1.165, 1.54) is 7.11 Å². The molecule has 6 nitrogen and oxygen atoms in total. The Morgan fingerprint density at radius 3 is 2.45 bits per heavy atom. The quantitative estimate of drug-likeness (QED) is 0.474. The second kappa shape index (κ2) is 6.30. The van der Waals surface area contributed by atoms with Crippen molar-refractivity contribution >= 4 is 23.4 Å². The fraction of sp³-hybridized carbons (Fsp3) is 0.320. The minimum atomic E-state index is -0.949. The lowest BCUT2D eigenvalue weighted by Crippen LogP contribution is -2.56. The van der Waals surface area contributed by atoms with Crippen molar-refractivity contribution in [1.82, 2.24) is 5.32 Å². The van der Waals surface area contributed by atoms with Crippen LogP contribution in [-0.4, -0.2) is 24.9 Å². The molecule has 1 saturated carbocycles. The van der Waals surface area contributed by atoms with Gasteiger partial charge >= 0.3 is 5.97 Å². The number of hydrogen-bond acceptors (Lipinski definition) is 5. The van der Waals surface area contributed by atoms with Crippen LogP contribution in [0.4, 0.5) is 0 Å². The highest BCUT2D eigenvalue weighted by molar-refractivity contribution is 6.18. The molecule has 0 radical (unpaired) electrons. The van der Waals surface area contributed by atoms with Gasteiger partial charge in [-0.25, -0.2) is 4.79 Å². The number of esters is 1. The summed E-state index contributed by atoms with van der Waals surface area (Å²) in [6.07, 6.45) is 1.83. The minimum Gasteiger partial charge on any atom is -0.484 e. The lowest BCUT2D eigenvalue weighted by molar-refractivity contribution is -0.162. The molecular formula is C25H21NO5. The predicted molar refractivity (Wildman–Crippen MR) is 110 cm³/mol. The van der Waals surface area contributed by atoms with Gasteiger partial charge in [-0.15, -0.1) is 0 Å². The second-order valence-corrected chi connectivity index (χ2v) is 8.69. The van der Waals surface area contributed by atoms with E-state index < -0.39 is 29.3 Å². The molecular weight excluding hydrogens is 394 g/mol. The number of benzene rings is 2. The van der Waals surface area contributed by atoms with Crippen LogP contribution < -0.4 is 5.32 Å². The van der Waals surface area contributed by atoms with Crippen molar-refractivity contribution < 1.29 is 23.9 Å². The fourth-order valence-electron chi connectivity index (χ4n) is 5.90. The van der Waals surface area contributed by atoms with Crippen LogP contribution in [0.3, 0.4) is 0 Å². The summed E-state index contributed by atoms with van der Waals surface area (Å²) in [4.78, 5) is 39.0. The van der Waals surface area contributed by atoms with Gasteiger partial charge in [-0.3, -0.25) is 14.9 Å². The number of hydrogen-bond donors (Lipinski definition) is 1. The van der Waals surface area contributed by atoms with E-state index in [1.807, 2.05) is 54.6 Å². The van der Waals surface area contributed by atoms with E-state index in [1.54, 1.807) is 0 Å². The third kappa shape index (κ3) is 2.30. The average molecular weight is 415 g/mol. The van der Waals surface area contributed by atoms with Gasteiger partial charge in [-0.05, 0) is 24.0 Å². The predicted octanol–water partition coefficient (Wildman–Crippen LogP) is 2.89. The molecule has 7 rings (SSSR count). The summed E-state index contributed by atoms with van der Waals surface area (Å²) in [5.74, 6) is -2.25. The SMILES string of the molecule is COC(=O)/C(=C1\OC2(C3CC3)c3ccccc3C1C1C(=O)NC(=O)C12)c1ccccc1. The highest BCUT2D eigenvalue weighted by atomic mass is 16.5. The molecule has 5 aliphatic rings. The first-order valence-electron chi connectivity index (χ1n) is 10.6. The maximum atomic E-state index is 13.0. The number of amides is 2. The highest BCUT2D eigenvalue weighted by Gasteiger charge is 2.71. The van der Waals surface area contributed by atoms with Crippen LogP contribution in [0.5, 0.6) is 0 Å². The summed E-state index contributed by atoms with van der Waals surface area (Å²) in [5.41, 5.74) is 1.96. The van der Waals surface area contributed by atoms with Gasteiger partial charge in [0.15, 0.2) is 0 Å². The number of carbonyl (C=O) groups is 3. The summed E-state index contributed by atoms with van der Waals surface area (Å²) < 4.78 is 11.9. The van der Waals surface area contributed by atoms with Crippen molar-refractivity contribution in [1.29, 1.82) is 0 Å². The van der Waals surface area contributed by atoms with Gasteiger partial charge in [0.25, 0.3) is 0 Å². The monoisotopic (exact) mass is 415 g/mol. The second-order valence-electron chi connectivity index (χ2n) is 8.69. The molecule has 156 valence electrons. The normalized spacial score (nSPS) is 32.0. The zero-order valence-electron chi connectivity index (χ0n) is 17.0. The maximum absolute atomic E-state index is 13.0. The van der Waals surface area contributed by atoms with Crippen LogP contribution in [0.2, 0.25) is 0 Å². The lowest BCUT2D eigenvalue weighted by Gasteiger charge is -2.54. The summed E-state index contributed by atoms with van der Waals surface area (Å²) in [5, 5.41) is 2.55. The molecule has 3 aliphatic heterocycles. The van der Waals surface area contributed by atoms with E-state index in [-0.39, 0.29) is 17.7 Å². The summed E-state index contributed by atoms with van der Waals surface area (Å²) >= 11 is 0. The topological polar surface area (TPSA) is 81.7 Å². The maximum Gasteiger partial charge on any atom is 0.341 e. The third-order valence-electron chi connectivity index (χ3n) is 7.17. The van der Waals surface area contributed by atoms with Crippen molar-refractivity contribution in [3.63, 3.8) is 0 Å². The van der Waals surface area contributed by atoms with Gasteiger partial charge in [0, 0.05) is 11.5 Å². The first-order chi connectivity index (χ1) is 15.1. The highest BCUT2D eigenvalue weighted by Crippen LogP contribution is 2.68. The molecule has 2 aromatic rings.